The van der Waals surface area contributed by atoms with Crippen LogP contribution in [0.2, 0.25) is 0 Å². The van der Waals surface area contributed by atoms with Gasteiger partial charge in [-0.3, -0.25) is 18.8 Å². The Bertz CT molecular complexity index is 1240. The predicted molar refractivity (Wildman–Crippen MR) is 111 cm³/mol. The lowest BCUT2D eigenvalue weighted by Crippen LogP contribution is -2.30. The van der Waals surface area contributed by atoms with Crippen molar-refractivity contribution in [2.45, 2.75) is 46.3 Å². The van der Waals surface area contributed by atoms with E-state index in [2.05, 4.69) is 15.4 Å². The van der Waals surface area contributed by atoms with Gasteiger partial charge in [0.2, 0.25) is 0 Å². The van der Waals surface area contributed by atoms with Crippen molar-refractivity contribution in [3.63, 3.8) is 0 Å². The van der Waals surface area contributed by atoms with E-state index in [0.717, 1.165) is 24.4 Å². The third-order valence-electron chi connectivity index (χ3n) is 5.46. The van der Waals surface area contributed by atoms with E-state index in [1.54, 1.807) is 29.3 Å². The molecule has 1 amide bonds. The quantitative estimate of drug-likeness (QED) is 0.659. The average Bonchev–Trinajstić information content (AvgIpc) is 3.27. The maximum atomic E-state index is 12.6. The molecular formula is C21H23N5O4. The number of nitrogens with zero attached hydrogens (tertiary/aromatic N) is 4. The van der Waals surface area contributed by atoms with Gasteiger partial charge in [-0.1, -0.05) is 0 Å². The molecule has 156 valence electrons. The lowest BCUT2D eigenvalue weighted by molar-refractivity contribution is -0.123. The topological polar surface area (TPSA) is 108 Å². The monoisotopic (exact) mass is 409 g/mol. The molecule has 1 aliphatic rings. The molecule has 1 aromatic carbocycles. The Morgan fingerprint density at radius 2 is 2.03 bits per heavy atom. The number of esters is 1. The molecule has 0 spiro atoms. The SMILES string of the molecule is Cc1nn(C)c(C)c1NC(=O)[C@H](C)OC(=O)c1ccc2c(=O)n3c(nc2c1)CCC3. The summed E-state index contributed by atoms with van der Waals surface area (Å²) in [6.45, 7) is 5.81. The Morgan fingerprint density at radius 1 is 1.27 bits per heavy atom. The zero-order valence-electron chi connectivity index (χ0n) is 17.4. The normalized spacial score (nSPS) is 13.9. The van der Waals surface area contributed by atoms with E-state index in [9.17, 15) is 14.4 Å². The second-order valence-corrected chi connectivity index (χ2v) is 7.53. The Balaban J connectivity index is 1.51. The summed E-state index contributed by atoms with van der Waals surface area (Å²) in [7, 11) is 1.79. The Labute approximate surface area is 172 Å². The van der Waals surface area contributed by atoms with Crippen LogP contribution in [-0.2, 0) is 29.5 Å². The summed E-state index contributed by atoms with van der Waals surface area (Å²) in [6.07, 6.45) is 0.617. The van der Waals surface area contributed by atoms with Gasteiger partial charge < -0.3 is 10.1 Å². The number of anilines is 1. The van der Waals surface area contributed by atoms with Crippen LogP contribution in [0.4, 0.5) is 5.69 Å². The van der Waals surface area contributed by atoms with Crippen molar-refractivity contribution in [3.8, 4) is 0 Å². The molecule has 4 rings (SSSR count). The molecule has 1 N–H and O–H groups in total. The number of benzene rings is 1. The van der Waals surface area contributed by atoms with Gasteiger partial charge in [0.1, 0.15) is 5.82 Å². The number of carbonyl (C=O) groups excluding carboxylic acids is 2. The Kier molecular flexibility index (Phi) is 4.89. The van der Waals surface area contributed by atoms with Crippen LogP contribution in [0.25, 0.3) is 10.9 Å². The molecule has 1 atom stereocenters. The summed E-state index contributed by atoms with van der Waals surface area (Å²) < 4.78 is 8.68. The predicted octanol–water partition coefficient (Wildman–Crippen LogP) is 1.88. The third-order valence-corrected chi connectivity index (χ3v) is 5.46. The Morgan fingerprint density at radius 3 is 2.73 bits per heavy atom. The average molecular weight is 409 g/mol. The summed E-state index contributed by atoms with van der Waals surface area (Å²) in [5, 5.41) is 7.48. The Hall–Kier alpha value is -3.49. The van der Waals surface area contributed by atoms with Crippen molar-refractivity contribution in [3.05, 3.63) is 51.3 Å². The van der Waals surface area contributed by atoms with Gasteiger partial charge in [0, 0.05) is 20.0 Å². The molecule has 2 aromatic heterocycles. The number of hydrogen-bond acceptors (Lipinski definition) is 6. The molecule has 30 heavy (non-hydrogen) atoms. The van der Waals surface area contributed by atoms with Crippen LogP contribution in [0, 0.1) is 13.8 Å². The summed E-state index contributed by atoms with van der Waals surface area (Å²) in [5.41, 5.74) is 2.70. The minimum atomic E-state index is -1.01. The van der Waals surface area contributed by atoms with Gasteiger partial charge in [-0.05, 0) is 45.4 Å². The summed E-state index contributed by atoms with van der Waals surface area (Å²) in [4.78, 5) is 42.1. The molecular weight excluding hydrogens is 386 g/mol. The maximum Gasteiger partial charge on any atom is 0.338 e. The van der Waals surface area contributed by atoms with Gasteiger partial charge in [-0.25, -0.2) is 9.78 Å². The van der Waals surface area contributed by atoms with Crippen molar-refractivity contribution in [2.75, 3.05) is 5.32 Å². The van der Waals surface area contributed by atoms with Crippen LogP contribution >= 0.6 is 0 Å². The molecule has 9 nitrogen and oxygen atoms in total. The number of nitrogens with one attached hydrogen (secondary N) is 1. The molecule has 0 unspecified atom stereocenters. The van der Waals surface area contributed by atoms with Gasteiger partial charge in [-0.2, -0.15) is 5.10 Å². The second-order valence-electron chi connectivity index (χ2n) is 7.53. The maximum absolute atomic E-state index is 12.6. The fraction of sp³-hybridized carbons (Fsp3) is 0.381. The molecule has 3 heterocycles. The molecule has 0 fully saturated rings. The minimum Gasteiger partial charge on any atom is -0.449 e. The molecule has 9 heteroatoms. The molecule has 1 aliphatic heterocycles. The zero-order chi connectivity index (χ0) is 21.6. The first-order valence-corrected chi connectivity index (χ1v) is 9.81. The number of aromatic nitrogens is 4. The fourth-order valence-electron chi connectivity index (χ4n) is 3.67. The van der Waals surface area contributed by atoms with E-state index in [0.29, 0.717) is 28.8 Å². The summed E-state index contributed by atoms with van der Waals surface area (Å²) in [5.74, 6) is -0.368. The lowest BCUT2D eigenvalue weighted by atomic mass is 10.1. The fourth-order valence-corrected chi connectivity index (χ4v) is 3.67. The van der Waals surface area contributed by atoms with E-state index >= 15 is 0 Å². The first-order valence-electron chi connectivity index (χ1n) is 9.81. The highest BCUT2D eigenvalue weighted by Gasteiger charge is 2.23. The number of ether oxygens (including phenoxy) is 1. The smallest absolute Gasteiger partial charge is 0.338 e. The number of carbonyl (C=O) groups is 2. The number of aryl methyl sites for hydroxylation is 3. The van der Waals surface area contributed by atoms with Crippen LogP contribution in [0.1, 0.15) is 40.9 Å². The molecule has 3 aromatic rings. The molecule has 0 bridgehead atoms. The van der Waals surface area contributed by atoms with Gasteiger partial charge in [0.15, 0.2) is 6.10 Å². The highest BCUT2D eigenvalue weighted by atomic mass is 16.5. The lowest BCUT2D eigenvalue weighted by Gasteiger charge is -2.14. The van der Waals surface area contributed by atoms with Crippen LogP contribution in [0.15, 0.2) is 23.0 Å². The molecule has 0 radical (unpaired) electrons. The van der Waals surface area contributed by atoms with Gasteiger partial charge in [-0.15, -0.1) is 0 Å². The standard InChI is InChI=1S/C21H23N5O4/c1-11-18(12(2)25(4)24-11)23-19(27)13(3)30-21(29)14-7-8-15-16(10-14)22-17-6-5-9-26(17)20(15)28/h7-8,10,13H,5-6,9H2,1-4H3,(H,23,27)/t13-/m0/s1. The minimum absolute atomic E-state index is 0.0950. The van der Waals surface area contributed by atoms with Crippen molar-refractivity contribution in [2.24, 2.45) is 7.05 Å². The third kappa shape index (κ3) is 3.36. The van der Waals surface area contributed by atoms with E-state index in [1.165, 1.54) is 19.1 Å². The van der Waals surface area contributed by atoms with E-state index in [1.807, 2.05) is 6.92 Å². The van der Waals surface area contributed by atoms with Gasteiger partial charge in [0.05, 0.1) is 33.5 Å². The highest BCUT2D eigenvalue weighted by Crippen LogP contribution is 2.20. The summed E-state index contributed by atoms with van der Waals surface area (Å²) >= 11 is 0. The zero-order valence-corrected chi connectivity index (χ0v) is 17.4. The number of rotatable bonds is 4. The number of hydrogen-bond donors (Lipinski definition) is 1. The molecule has 0 aliphatic carbocycles. The van der Waals surface area contributed by atoms with Gasteiger partial charge in [0.25, 0.3) is 11.5 Å². The van der Waals surface area contributed by atoms with Crippen molar-refractivity contribution < 1.29 is 14.3 Å². The molecule has 0 saturated carbocycles. The van der Waals surface area contributed by atoms with Crippen molar-refractivity contribution in [1.29, 1.82) is 0 Å². The van der Waals surface area contributed by atoms with E-state index in [4.69, 9.17) is 4.74 Å². The van der Waals surface area contributed by atoms with Crippen LogP contribution in [-0.4, -0.2) is 37.3 Å². The van der Waals surface area contributed by atoms with Gasteiger partial charge >= 0.3 is 5.97 Å². The number of amides is 1. The van der Waals surface area contributed by atoms with Crippen molar-refractivity contribution in [1.82, 2.24) is 19.3 Å². The van der Waals surface area contributed by atoms with Crippen LogP contribution in [0.3, 0.4) is 0 Å². The van der Waals surface area contributed by atoms with Crippen molar-refractivity contribution >= 4 is 28.5 Å². The van der Waals surface area contributed by atoms with E-state index < -0.39 is 18.0 Å². The highest BCUT2D eigenvalue weighted by molar-refractivity contribution is 5.99. The first-order chi connectivity index (χ1) is 14.3. The second kappa shape index (κ2) is 7.40. The first kappa shape index (κ1) is 19.8. The number of fused-ring (bicyclic) bond motifs is 2. The van der Waals surface area contributed by atoms with Crippen LogP contribution in [0.5, 0.6) is 0 Å². The molecule has 0 saturated heterocycles. The summed E-state index contributed by atoms with van der Waals surface area (Å²) in [6, 6.07) is 4.65. The van der Waals surface area contributed by atoms with E-state index in [-0.39, 0.29) is 11.1 Å². The van der Waals surface area contributed by atoms with Crippen LogP contribution < -0.4 is 10.9 Å². The largest absolute Gasteiger partial charge is 0.449 e.